The Balaban J connectivity index is 2.02. The highest BCUT2D eigenvalue weighted by molar-refractivity contribution is 9.10. The van der Waals surface area contributed by atoms with Gasteiger partial charge in [0.1, 0.15) is 5.75 Å². The van der Waals surface area contributed by atoms with Gasteiger partial charge in [-0.15, -0.1) is 0 Å². The fraction of sp³-hybridized carbons (Fsp3) is 0.600. The van der Waals surface area contributed by atoms with E-state index >= 15 is 0 Å². The SMILES string of the molecule is Cc1cc(OC2CC(C)CC(C)C2)ccc1Br. The summed E-state index contributed by atoms with van der Waals surface area (Å²) in [4.78, 5) is 0. The van der Waals surface area contributed by atoms with Gasteiger partial charge < -0.3 is 4.74 Å². The van der Waals surface area contributed by atoms with E-state index in [1.54, 1.807) is 0 Å². The number of hydrogen-bond donors (Lipinski definition) is 0. The van der Waals surface area contributed by atoms with Gasteiger partial charge in [-0.1, -0.05) is 29.8 Å². The molecule has 0 aliphatic heterocycles. The van der Waals surface area contributed by atoms with Gasteiger partial charge in [0, 0.05) is 4.47 Å². The van der Waals surface area contributed by atoms with E-state index < -0.39 is 0 Å². The van der Waals surface area contributed by atoms with E-state index in [0.717, 1.165) is 22.1 Å². The first-order valence-electron chi connectivity index (χ1n) is 6.47. The van der Waals surface area contributed by atoms with Crippen molar-refractivity contribution in [2.75, 3.05) is 0 Å². The molecule has 0 N–H and O–H groups in total. The molecule has 1 aromatic rings. The van der Waals surface area contributed by atoms with Gasteiger partial charge >= 0.3 is 0 Å². The Bertz CT molecular complexity index is 379. The monoisotopic (exact) mass is 296 g/mol. The van der Waals surface area contributed by atoms with Crippen LogP contribution in [0, 0.1) is 18.8 Å². The van der Waals surface area contributed by atoms with Crippen LogP contribution in [-0.2, 0) is 0 Å². The molecule has 2 atom stereocenters. The maximum Gasteiger partial charge on any atom is 0.120 e. The first-order chi connectivity index (χ1) is 8.04. The highest BCUT2D eigenvalue weighted by Gasteiger charge is 2.25. The van der Waals surface area contributed by atoms with Crippen LogP contribution in [0.4, 0.5) is 0 Å². The van der Waals surface area contributed by atoms with Crippen LogP contribution in [0.5, 0.6) is 5.75 Å². The van der Waals surface area contributed by atoms with Crippen LogP contribution in [0.3, 0.4) is 0 Å². The third-order valence-electron chi connectivity index (χ3n) is 3.57. The minimum absolute atomic E-state index is 0.398. The van der Waals surface area contributed by atoms with Crippen molar-refractivity contribution in [2.45, 2.75) is 46.1 Å². The lowest BCUT2D eigenvalue weighted by Gasteiger charge is -2.31. The van der Waals surface area contributed by atoms with Crippen molar-refractivity contribution in [2.24, 2.45) is 11.8 Å². The van der Waals surface area contributed by atoms with Gasteiger partial charge in [0.15, 0.2) is 0 Å². The van der Waals surface area contributed by atoms with Crippen molar-refractivity contribution < 1.29 is 4.74 Å². The first-order valence-corrected chi connectivity index (χ1v) is 7.26. The molecular weight excluding hydrogens is 276 g/mol. The lowest BCUT2D eigenvalue weighted by Crippen LogP contribution is -2.28. The van der Waals surface area contributed by atoms with Gasteiger partial charge in [0.2, 0.25) is 0 Å². The molecule has 1 aliphatic rings. The molecule has 17 heavy (non-hydrogen) atoms. The molecule has 1 nitrogen and oxygen atoms in total. The van der Waals surface area contributed by atoms with E-state index in [-0.39, 0.29) is 0 Å². The minimum atomic E-state index is 0.398. The van der Waals surface area contributed by atoms with Crippen LogP contribution >= 0.6 is 15.9 Å². The number of benzene rings is 1. The average molecular weight is 297 g/mol. The summed E-state index contributed by atoms with van der Waals surface area (Å²) in [6.45, 7) is 6.76. The topological polar surface area (TPSA) is 9.23 Å². The van der Waals surface area contributed by atoms with Crippen molar-refractivity contribution in [1.82, 2.24) is 0 Å². The summed E-state index contributed by atoms with van der Waals surface area (Å²) in [6.07, 6.45) is 4.13. The third kappa shape index (κ3) is 3.48. The molecule has 0 amide bonds. The van der Waals surface area contributed by atoms with E-state index in [0.29, 0.717) is 6.10 Å². The van der Waals surface area contributed by atoms with E-state index in [1.165, 1.54) is 24.8 Å². The average Bonchev–Trinajstić information content (AvgIpc) is 2.22. The first kappa shape index (κ1) is 12.9. The fourth-order valence-corrected chi connectivity index (χ4v) is 3.10. The Morgan fingerprint density at radius 2 is 1.76 bits per heavy atom. The van der Waals surface area contributed by atoms with Crippen LogP contribution in [0.2, 0.25) is 0 Å². The maximum absolute atomic E-state index is 6.11. The van der Waals surface area contributed by atoms with Gasteiger partial charge in [-0.25, -0.2) is 0 Å². The summed E-state index contributed by atoms with van der Waals surface area (Å²) in [5.74, 6) is 2.59. The zero-order chi connectivity index (χ0) is 12.4. The lowest BCUT2D eigenvalue weighted by atomic mass is 9.82. The van der Waals surface area contributed by atoms with Gasteiger partial charge in [-0.3, -0.25) is 0 Å². The van der Waals surface area contributed by atoms with Gasteiger partial charge in [0.05, 0.1) is 6.10 Å². The third-order valence-corrected chi connectivity index (χ3v) is 4.46. The van der Waals surface area contributed by atoms with Crippen molar-refractivity contribution in [3.63, 3.8) is 0 Å². The highest BCUT2D eigenvalue weighted by atomic mass is 79.9. The van der Waals surface area contributed by atoms with Gasteiger partial charge in [0.25, 0.3) is 0 Å². The summed E-state index contributed by atoms with van der Waals surface area (Å²) >= 11 is 3.52. The molecule has 1 aliphatic carbocycles. The highest BCUT2D eigenvalue weighted by Crippen LogP contribution is 2.32. The van der Waals surface area contributed by atoms with Crippen LogP contribution in [0.25, 0.3) is 0 Å². The predicted molar refractivity (Wildman–Crippen MR) is 75.5 cm³/mol. The fourth-order valence-electron chi connectivity index (χ4n) is 2.85. The molecule has 0 spiro atoms. The Morgan fingerprint density at radius 3 is 2.35 bits per heavy atom. The summed E-state index contributed by atoms with van der Waals surface area (Å²) in [7, 11) is 0. The molecule has 0 aromatic heterocycles. The number of rotatable bonds is 2. The van der Waals surface area contributed by atoms with Gasteiger partial charge in [-0.05, 0) is 61.8 Å². The Hall–Kier alpha value is -0.500. The molecule has 2 heteroatoms. The molecule has 0 bridgehead atoms. The smallest absolute Gasteiger partial charge is 0.120 e. The molecule has 94 valence electrons. The minimum Gasteiger partial charge on any atom is -0.490 e. The van der Waals surface area contributed by atoms with Crippen LogP contribution in [0.15, 0.2) is 22.7 Å². The summed E-state index contributed by atoms with van der Waals surface area (Å²) in [6, 6.07) is 6.25. The number of halogens is 1. The molecule has 0 radical (unpaired) electrons. The Kier molecular flexibility index (Phi) is 4.13. The van der Waals surface area contributed by atoms with Crippen molar-refractivity contribution >= 4 is 15.9 Å². The molecule has 2 rings (SSSR count). The molecule has 1 fully saturated rings. The molecule has 1 aromatic carbocycles. The quantitative estimate of drug-likeness (QED) is 0.749. The van der Waals surface area contributed by atoms with E-state index in [2.05, 4.69) is 54.9 Å². The molecule has 2 unspecified atom stereocenters. The van der Waals surface area contributed by atoms with Gasteiger partial charge in [-0.2, -0.15) is 0 Å². The second kappa shape index (κ2) is 5.43. The zero-order valence-electron chi connectivity index (χ0n) is 10.9. The number of hydrogen-bond acceptors (Lipinski definition) is 1. The summed E-state index contributed by atoms with van der Waals surface area (Å²) in [5, 5.41) is 0. The van der Waals surface area contributed by atoms with Crippen molar-refractivity contribution in [1.29, 1.82) is 0 Å². The van der Waals surface area contributed by atoms with Crippen LogP contribution in [0.1, 0.15) is 38.7 Å². The second-order valence-corrected chi connectivity index (χ2v) is 6.42. The second-order valence-electron chi connectivity index (χ2n) is 5.57. The predicted octanol–water partition coefficient (Wildman–Crippen LogP) is 4.96. The van der Waals surface area contributed by atoms with E-state index in [4.69, 9.17) is 4.74 Å². The maximum atomic E-state index is 6.11. The molecular formula is C15H21BrO. The Labute approximate surface area is 113 Å². The van der Waals surface area contributed by atoms with Crippen LogP contribution < -0.4 is 4.74 Å². The standard InChI is InChI=1S/C15H21BrO/c1-10-6-11(2)8-14(7-10)17-13-4-5-15(16)12(3)9-13/h4-5,9-11,14H,6-8H2,1-3H3. The molecule has 1 saturated carbocycles. The zero-order valence-corrected chi connectivity index (χ0v) is 12.5. The van der Waals surface area contributed by atoms with Crippen molar-refractivity contribution in [3.05, 3.63) is 28.2 Å². The van der Waals surface area contributed by atoms with E-state index in [1.807, 2.05) is 0 Å². The number of ether oxygens (including phenoxy) is 1. The molecule has 0 saturated heterocycles. The molecule has 0 heterocycles. The normalized spacial score (nSPS) is 29.1. The van der Waals surface area contributed by atoms with E-state index in [9.17, 15) is 0 Å². The lowest BCUT2D eigenvalue weighted by molar-refractivity contribution is 0.101. The van der Waals surface area contributed by atoms with Crippen molar-refractivity contribution in [3.8, 4) is 5.75 Å². The summed E-state index contributed by atoms with van der Waals surface area (Å²) < 4.78 is 7.26. The largest absolute Gasteiger partial charge is 0.490 e. The summed E-state index contributed by atoms with van der Waals surface area (Å²) in [5.41, 5.74) is 1.24. The number of aryl methyl sites for hydroxylation is 1. The Morgan fingerprint density at radius 1 is 1.12 bits per heavy atom. The van der Waals surface area contributed by atoms with Crippen LogP contribution in [-0.4, -0.2) is 6.10 Å².